The van der Waals surface area contributed by atoms with E-state index in [9.17, 15) is 9.59 Å². The fourth-order valence-corrected chi connectivity index (χ4v) is 2.94. The molecule has 0 N–H and O–H groups in total. The first-order chi connectivity index (χ1) is 13.2. The summed E-state index contributed by atoms with van der Waals surface area (Å²) >= 11 is 0. The van der Waals surface area contributed by atoms with E-state index in [0.29, 0.717) is 22.4 Å². The molecule has 2 amide bonds. The molecule has 27 heavy (non-hydrogen) atoms. The molecule has 0 unspecified atom stereocenters. The summed E-state index contributed by atoms with van der Waals surface area (Å²) in [7, 11) is 1.55. The van der Waals surface area contributed by atoms with Gasteiger partial charge in [-0.05, 0) is 35.9 Å². The second kappa shape index (κ2) is 6.83. The van der Waals surface area contributed by atoms with Crippen molar-refractivity contribution >= 4 is 18.0 Å². The molecule has 0 atom stereocenters. The van der Waals surface area contributed by atoms with Crippen LogP contribution in [0.15, 0.2) is 60.2 Å². The highest BCUT2D eigenvalue weighted by Gasteiger charge is 2.35. The number of fused-ring (bicyclic) bond motifs is 1. The molecule has 134 valence electrons. The maximum atomic E-state index is 12.6. The minimum absolute atomic E-state index is 0.115. The van der Waals surface area contributed by atoms with E-state index >= 15 is 0 Å². The third-order valence-electron chi connectivity index (χ3n) is 4.26. The van der Waals surface area contributed by atoms with Crippen molar-refractivity contribution in [3.63, 3.8) is 0 Å². The molecule has 8 nitrogen and oxygen atoms in total. The third-order valence-corrected chi connectivity index (χ3v) is 4.26. The van der Waals surface area contributed by atoms with E-state index in [1.807, 2.05) is 12.1 Å². The molecule has 3 aromatic rings. The van der Waals surface area contributed by atoms with Crippen LogP contribution in [-0.2, 0) is 6.54 Å². The molecule has 0 bridgehead atoms. The molecule has 0 saturated heterocycles. The van der Waals surface area contributed by atoms with Crippen molar-refractivity contribution in [2.75, 3.05) is 7.11 Å². The second-order valence-corrected chi connectivity index (χ2v) is 5.90. The molecule has 1 aromatic heterocycles. The maximum absolute atomic E-state index is 12.6. The van der Waals surface area contributed by atoms with Gasteiger partial charge < -0.3 is 4.74 Å². The largest absolute Gasteiger partial charge is 0.496 e. The lowest BCUT2D eigenvalue weighted by Crippen LogP contribution is -2.29. The number of ether oxygens (including phenoxy) is 1. The van der Waals surface area contributed by atoms with Gasteiger partial charge in [0.15, 0.2) is 0 Å². The standard InChI is InChI=1S/C19H15N5O3/c1-27-17-7-6-13(9-22-23-11-20-21-12-23)8-14(17)10-24-18(25)15-4-2-3-5-16(15)19(24)26/h2-9,11-12H,10H2,1H3/b22-9+. The Morgan fingerprint density at radius 2 is 1.70 bits per heavy atom. The summed E-state index contributed by atoms with van der Waals surface area (Å²) in [5.74, 6) is -0.0181. The van der Waals surface area contributed by atoms with Crippen LogP contribution in [0, 0.1) is 0 Å². The molecule has 2 aromatic carbocycles. The zero-order valence-corrected chi connectivity index (χ0v) is 14.4. The van der Waals surface area contributed by atoms with E-state index in [-0.39, 0.29) is 18.4 Å². The first-order valence-electron chi connectivity index (χ1n) is 8.18. The van der Waals surface area contributed by atoms with Crippen molar-refractivity contribution in [1.82, 2.24) is 19.8 Å². The summed E-state index contributed by atoms with van der Waals surface area (Å²) in [6.07, 6.45) is 4.58. The lowest BCUT2D eigenvalue weighted by atomic mass is 10.1. The topological polar surface area (TPSA) is 89.7 Å². The van der Waals surface area contributed by atoms with Crippen LogP contribution < -0.4 is 4.74 Å². The van der Waals surface area contributed by atoms with Crippen LogP contribution in [0.25, 0.3) is 0 Å². The number of aromatic nitrogens is 3. The summed E-state index contributed by atoms with van der Waals surface area (Å²) in [4.78, 5) is 26.4. The van der Waals surface area contributed by atoms with Gasteiger partial charge in [-0.1, -0.05) is 12.1 Å². The summed E-state index contributed by atoms with van der Waals surface area (Å²) in [5, 5.41) is 11.6. The van der Waals surface area contributed by atoms with Crippen LogP contribution >= 0.6 is 0 Å². The molecular formula is C19H15N5O3. The van der Waals surface area contributed by atoms with Gasteiger partial charge in [0.1, 0.15) is 18.4 Å². The van der Waals surface area contributed by atoms with Crippen LogP contribution in [0.5, 0.6) is 5.75 Å². The van der Waals surface area contributed by atoms with E-state index in [1.165, 1.54) is 22.2 Å². The predicted molar refractivity (Wildman–Crippen MR) is 96.7 cm³/mol. The third kappa shape index (κ3) is 3.08. The fourth-order valence-electron chi connectivity index (χ4n) is 2.94. The molecule has 0 radical (unpaired) electrons. The van der Waals surface area contributed by atoms with E-state index in [2.05, 4.69) is 15.3 Å². The van der Waals surface area contributed by atoms with Gasteiger partial charge in [0, 0.05) is 5.56 Å². The van der Waals surface area contributed by atoms with Crippen molar-refractivity contribution in [1.29, 1.82) is 0 Å². The smallest absolute Gasteiger partial charge is 0.261 e. The SMILES string of the molecule is COc1ccc(/C=N/n2cnnc2)cc1CN1C(=O)c2ccccc2C1=O. The number of rotatable bonds is 5. The second-order valence-electron chi connectivity index (χ2n) is 5.90. The van der Waals surface area contributed by atoms with Crippen LogP contribution in [0.3, 0.4) is 0 Å². The molecule has 1 aliphatic heterocycles. The van der Waals surface area contributed by atoms with Gasteiger partial charge in [0.25, 0.3) is 11.8 Å². The Morgan fingerprint density at radius 3 is 2.33 bits per heavy atom. The fraction of sp³-hybridized carbons (Fsp3) is 0.105. The lowest BCUT2D eigenvalue weighted by molar-refractivity contribution is 0.0641. The number of imide groups is 1. The lowest BCUT2D eigenvalue weighted by Gasteiger charge is -2.16. The Balaban J connectivity index is 1.62. The zero-order chi connectivity index (χ0) is 18.8. The number of methoxy groups -OCH3 is 1. The van der Waals surface area contributed by atoms with Gasteiger partial charge in [-0.25, -0.2) is 4.68 Å². The zero-order valence-electron chi connectivity index (χ0n) is 14.4. The number of hydrogen-bond acceptors (Lipinski definition) is 6. The number of hydrogen-bond donors (Lipinski definition) is 0. The van der Waals surface area contributed by atoms with Crippen LogP contribution in [0.4, 0.5) is 0 Å². The van der Waals surface area contributed by atoms with Gasteiger partial charge in [0.2, 0.25) is 0 Å². The summed E-state index contributed by atoms with van der Waals surface area (Å²) in [6, 6.07) is 12.3. The molecule has 0 aliphatic carbocycles. The quantitative estimate of drug-likeness (QED) is 0.512. The molecule has 0 saturated carbocycles. The monoisotopic (exact) mass is 361 g/mol. The average Bonchev–Trinajstić information content (AvgIpc) is 3.30. The number of amides is 2. The predicted octanol–water partition coefficient (Wildman–Crippen LogP) is 1.97. The number of benzene rings is 2. The van der Waals surface area contributed by atoms with Gasteiger partial charge in [-0.2, -0.15) is 5.10 Å². The van der Waals surface area contributed by atoms with Crippen molar-refractivity contribution in [3.8, 4) is 5.75 Å². The average molecular weight is 361 g/mol. The van der Waals surface area contributed by atoms with Crippen molar-refractivity contribution in [2.24, 2.45) is 5.10 Å². The molecule has 8 heteroatoms. The van der Waals surface area contributed by atoms with E-state index < -0.39 is 0 Å². The highest BCUT2D eigenvalue weighted by atomic mass is 16.5. The van der Waals surface area contributed by atoms with Crippen LogP contribution in [0.1, 0.15) is 31.8 Å². The number of carbonyl (C=O) groups is 2. The van der Waals surface area contributed by atoms with Gasteiger partial charge >= 0.3 is 0 Å². The number of nitrogens with zero attached hydrogens (tertiary/aromatic N) is 5. The van der Waals surface area contributed by atoms with E-state index in [1.54, 1.807) is 43.7 Å². The normalized spacial score (nSPS) is 13.4. The summed E-state index contributed by atoms with van der Waals surface area (Å²) in [6.45, 7) is 0.115. The Labute approximate surface area is 154 Å². The van der Waals surface area contributed by atoms with E-state index in [0.717, 1.165) is 5.56 Å². The molecule has 1 aliphatic rings. The highest BCUT2D eigenvalue weighted by molar-refractivity contribution is 6.21. The minimum Gasteiger partial charge on any atom is -0.496 e. The van der Waals surface area contributed by atoms with Crippen molar-refractivity contribution < 1.29 is 14.3 Å². The molecule has 4 rings (SSSR count). The maximum Gasteiger partial charge on any atom is 0.261 e. The minimum atomic E-state index is -0.304. The summed E-state index contributed by atoms with van der Waals surface area (Å²) < 4.78 is 6.86. The van der Waals surface area contributed by atoms with Gasteiger partial charge in [-0.15, -0.1) is 10.2 Å². The Bertz CT molecular complexity index is 1010. The Kier molecular flexibility index (Phi) is 4.21. The first-order valence-corrected chi connectivity index (χ1v) is 8.18. The Hall–Kier alpha value is -3.81. The van der Waals surface area contributed by atoms with Gasteiger partial charge in [-0.3, -0.25) is 14.5 Å². The van der Waals surface area contributed by atoms with Crippen LogP contribution in [-0.4, -0.2) is 44.9 Å². The molecule has 2 heterocycles. The highest BCUT2D eigenvalue weighted by Crippen LogP contribution is 2.27. The summed E-state index contributed by atoms with van der Waals surface area (Å²) in [5.41, 5.74) is 2.34. The molecular weight excluding hydrogens is 346 g/mol. The number of carbonyl (C=O) groups excluding carboxylic acids is 2. The molecule has 0 fully saturated rings. The van der Waals surface area contributed by atoms with Crippen LogP contribution in [0.2, 0.25) is 0 Å². The molecule has 0 spiro atoms. The van der Waals surface area contributed by atoms with Crippen molar-refractivity contribution in [3.05, 3.63) is 77.4 Å². The first kappa shape index (κ1) is 16.6. The Morgan fingerprint density at radius 1 is 1.04 bits per heavy atom. The van der Waals surface area contributed by atoms with Crippen molar-refractivity contribution in [2.45, 2.75) is 6.54 Å². The van der Waals surface area contributed by atoms with E-state index in [4.69, 9.17) is 4.74 Å². The van der Waals surface area contributed by atoms with Gasteiger partial charge in [0.05, 0.1) is 31.0 Å².